The normalized spacial score (nSPS) is 15.3. The van der Waals surface area contributed by atoms with Crippen LogP contribution in [0.15, 0.2) is 12.1 Å². The van der Waals surface area contributed by atoms with Crippen LogP contribution in [0.5, 0.6) is 0 Å². The van der Waals surface area contributed by atoms with E-state index in [2.05, 4.69) is 0 Å². The van der Waals surface area contributed by atoms with E-state index in [1.165, 1.54) is 6.92 Å². The summed E-state index contributed by atoms with van der Waals surface area (Å²) in [6, 6.07) is 0.968. The zero-order chi connectivity index (χ0) is 10.9. The van der Waals surface area contributed by atoms with Gasteiger partial charge in [0, 0.05) is 11.6 Å². The Morgan fingerprint density at radius 1 is 1.21 bits per heavy atom. The molecule has 1 aromatic rings. The van der Waals surface area contributed by atoms with Gasteiger partial charge in [-0.3, -0.25) is 0 Å². The van der Waals surface area contributed by atoms with Gasteiger partial charge in [0.25, 0.3) is 0 Å². The van der Waals surface area contributed by atoms with Gasteiger partial charge in [-0.05, 0) is 13.0 Å². The second-order valence-corrected chi connectivity index (χ2v) is 3.07. The summed E-state index contributed by atoms with van der Waals surface area (Å²) in [6.07, 6.45) is -1.34. The van der Waals surface area contributed by atoms with E-state index in [-0.39, 0.29) is 5.56 Å². The molecule has 14 heavy (non-hydrogen) atoms. The van der Waals surface area contributed by atoms with Crippen LogP contribution < -0.4 is 5.73 Å². The lowest BCUT2D eigenvalue weighted by Gasteiger charge is -2.15. The smallest absolute Gasteiger partial charge is 0.194 e. The molecule has 0 amide bonds. The number of benzene rings is 1. The Bertz CT molecular complexity index is 341. The van der Waals surface area contributed by atoms with Crippen LogP contribution in [0.4, 0.5) is 13.2 Å². The maximum absolute atomic E-state index is 13.0. The van der Waals surface area contributed by atoms with Gasteiger partial charge in [0.05, 0.1) is 6.10 Å². The van der Waals surface area contributed by atoms with Gasteiger partial charge in [-0.25, -0.2) is 13.2 Å². The molecule has 1 rings (SSSR count). The molecule has 0 saturated heterocycles. The fraction of sp³-hybridized carbons (Fsp3) is 0.333. The molecule has 5 heteroatoms. The number of aliphatic hydroxyl groups is 1. The van der Waals surface area contributed by atoms with Crippen LogP contribution in [-0.2, 0) is 0 Å². The number of hydrogen-bond donors (Lipinski definition) is 2. The minimum Gasteiger partial charge on any atom is -0.387 e. The average Bonchev–Trinajstić information content (AvgIpc) is 2.13. The van der Waals surface area contributed by atoms with Crippen LogP contribution in [-0.4, -0.2) is 11.1 Å². The van der Waals surface area contributed by atoms with Crippen molar-refractivity contribution in [2.45, 2.75) is 19.1 Å². The van der Waals surface area contributed by atoms with Crippen LogP contribution in [0.1, 0.15) is 18.6 Å². The Labute approximate surface area is 79.2 Å². The molecule has 2 nitrogen and oxygen atoms in total. The molecule has 0 aromatic heterocycles. The summed E-state index contributed by atoms with van der Waals surface area (Å²) < 4.78 is 38.3. The first-order chi connectivity index (χ1) is 6.45. The van der Waals surface area contributed by atoms with Crippen molar-refractivity contribution >= 4 is 0 Å². The van der Waals surface area contributed by atoms with Gasteiger partial charge in [-0.15, -0.1) is 0 Å². The third-order valence-corrected chi connectivity index (χ3v) is 1.88. The minimum absolute atomic E-state index is 0.334. The van der Waals surface area contributed by atoms with Crippen molar-refractivity contribution in [3.05, 3.63) is 35.1 Å². The van der Waals surface area contributed by atoms with Crippen molar-refractivity contribution in [2.75, 3.05) is 0 Å². The summed E-state index contributed by atoms with van der Waals surface area (Å²) in [5.41, 5.74) is 4.96. The van der Waals surface area contributed by atoms with E-state index in [1.54, 1.807) is 0 Å². The maximum Gasteiger partial charge on any atom is 0.194 e. The first-order valence-electron chi connectivity index (χ1n) is 4.02. The fourth-order valence-electron chi connectivity index (χ4n) is 1.05. The summed E-state index contributed by atoms with van der Waals surface area (Å²) in [6.45, 7) is 1.44. The van der Waals surface area contributed by atoms with Crippen molar-refractivity contribution in [1.29, 1.82) is 0 Å². The predicted octanol–water partition coefficient (Wildman–Crippen LogP) is 1.48. The van der Waals surface area contributed by atoms with Gasteiger partial charge in [0.2, 0.25) is 0 Å². The first kappa shape index (κ1) is 11.0. The van der Waals surface area contributed by atoms with Crippen LogP contribution in [0, 0.1) is 17.5 Å². The van der Waals surface area contributed by atoms with Gasteiger partial charge in [0.1, 0.15) is 0 Å². The highest BCUT2D eigenvalue weighted by atomic mass is 19.2. The standard InChI is InChI=1S/C9H10F3NO/c1-4(13)9(14)5-2-3-6(10)8(12)7(5)11/h2-4,9,14H,13H2,1H3. The molecular formula is C9H10F3NO. The number of aliphatic hydroxyl groups excluding tert-OH is 1. The lowest BCUT2D eigenvalue weighted by molar-refractivity contribution is 0.147. The van der Waals surface area contributed by atoms with E-state index in [4.69, 9.17) is 5.73 Å². The molecular weight excluding hydrogens is 195 g/mol. The maximum atomic E-state index is 13.0. The summed E-state index contributed by atoms with van der Waals surface area (Å²) in [5.74, 6) is -4.28. The number of hydrogen-bond acceptors (Lipinski definition) is 2. The molecule has 3 N–H and O–H groups in total. The molecule has 0 radical (unpaired) electrons. The largest absolute Gasteiger partial charge is 0.387 e. The van der Waals surface area contributed by atoms with Crippen LogP contribution in [0.25, 0.3) is 0 Å². The Balaban J connectivity index is 3.17. The van der Waals surface area contributed by atoms with Crippen molar-refractivity contribution < 1.29 is 18.3 Å². The van der Waals surface area contributed by atoms with E-state index in [9.17, 15) is 18.3 Å². The van der Waals surface area contributed by atoms with Crippen molar-refractivity contribution in [3.63, 3.8) is 0 Å². The molecule has 0 heterocycles. The molecule has 0 aliphatic heterocycles. The van der Waals surface area contributed by atoms with Crippen molar-refractivity contribution in [2.24, 2.45) is 5.73 Å². The Kier molecular flexibility index (Phi) is 3.13. The molecule has 0 aliphatic rings. The van der Waals surface area contributed by atoms with Crippen molar-refractivity contribution in [3.8, 4) is 0 Å². The first-order valence-corrected chi connectivity index (χ1v) is 4.02. The Morgan fingerprint density at radius 2 is 1.79 bits per heavy atom. The number of halogens is 3. The highest BCUT2D eigenvalue weighted by Gasteiger charge is 2.21. The quantitative estimate of drug-likeness (QED) is 0.718. The fourth-order valence-corrected chi connectivity index (χ4v) is 1.05. The van der Waals surface area contributed by atoms with E-state index >= 15 is 0 Å². The molecule has 0 saturated carbocycles. The molecule has 0 bridgehead atoms. The Morgan fingerprint density at radius 3 is 2.29 bits per heavy atom. The molecule has 2 unspecified atom stereocenters. The summed E-state index contributed by atoms with van der Waals surface area (Å²) >= 11 is 0. The van der Waals surface area contributed by atoms with Gasteiger partial charge < -0.3 is 10.8 Å². The summed E-state index contributed by atoms with van der Waals surface area (Å²) in [4.78, 5) is 0. The third-order valence-electron chi connectivity index (χ3n) is 1.88. The van der Waals surface area contributed by atoms with Gasteiger partial charge in [0.15, 0.2) is 17.5 Å². The highest BCUT2D eigenvalue weighted by Crippen LogP contribution is 2.22. The van der Waals surface area contributed by atoms with E-state index < -0.39 is 29.6 Å². The molecule has 78 valence electrons. The second kappa shape index (κ2) is 3.98. The van der Waals surface area contributed by atoms with E-state index in [1.807, 2.05) is 0 Å². The Hall–Kier alpha value is -1.07. The molecule has 2 atom stereocenters. The highest BCUT2D eigenvalue weighted by molar-refractivity contribution is 5.23. The lowest BCUT2D eigenvalue weighted by Crippen LogP contribution is -2.25. The molecule has 0 aliphatic carbocycles. The number of rotatable bonds is 2. The zero-order valence-electron chi connectivity index (χ0n) is 7.47. The van der Waals surface area contributed by atoms with Crippen molar-refractivity contribution in [1.82, 2.24) is 0 Å². The second-order valence-electron chi connectivity index (χ2n) is 3.07. The lowest BCUT2D eigenvalue weighted by atomic mass is 10.0. The van der Waals surface area contributed by atoms with Gasteiger partial charge in [-0.1, -0.05) is 6.07 Å². The van der Waals surface area contributed by atoms with Gasteiger partial charge in [-0.2, -0.15) is 0 Å². The number of nitrogens with two attached hydrogens (primary N) is 1. The summed E-state index contributed by atoms with van der Waals surface area (Å²) in [7, 11) is 0. The topological polar surface area (TPSA) is 46.2 Å². The van der Waals surface area contributed by atoms with Crippen LogP contribution >= 0.6 is 0 Å². The summed E-state index contributed by atoms with van der Waals surface area (Å²) in [5, 5.41) is 9.34. The predicted molar refractivity (Wildman–Crippen MR) is 44.9 cm³/mol. The van der Waals surface area contributed by atoms with Crippen LogP contribution in [0.3, 0.4) is 0 Å². The van der Waals surface area contributed by atoms with Gasteiger partial charge >= 0.3 is 0 Å². The third kappa shape index (κ3) is 1.88. The molecule has 0 fully saturated rings. The SMILES string of the molecule is CC(N)C(O)c1ccc(F)c(F)c1F. The molecule has 1 aromatic carbocycles. The molecule has 0 spiro atoms. The zero-order valence-corrected chi connectivity index (χ0v) is 7.47. The van der Waals surface area contributed by atoms with E-state index in [0.29, 0.717) is 0 Å². The van der Waals surface area contributed by atoms with E-state index in [0.717, 1.165) is 12.1 Å². The van der Waals surface area contributed by atoms with Crippen LogP contribution in [0.2, 0.25) is 0 Å². The average molecular weight is 205 g/mol. The minimum atomic E-state index is -1.60. The monoisotopic (exact) mass is 205 g/mol.